The first-order valence-corrected chi connectivity index (χ1v) is 12.0. The van der Waals surface area contributed by atoms with Gasteiger partial charge in [0, 0.05) is 12.5 Å². The molecule has 0 radical (unpaired) electrons. The molecule has 4 atom stereocenters. The van der Waals surface area contributed by atoms with Gasteiger partial charge in [-0.25, -0.2) is 9.67 Å². The van der Waals surface area contributed by atoms with E-state index in [9.17, 15) is 9.59 Å². The van der Waals surface area contributed by atoms with Crippen molar-refractivity contribution in [3.63, 3.8) is 0 Å². The molecular weight excluding hydrogens is 470 g/mol. The molecule has 0 spiro atoms. The van der Waals surface area contributed by atoms with Gasteiger partial charge in [-0.15, -0.1) is 0 Å². The van der Waals surface area contributed by atoms with Crippen LogP contribution in [0.4, 0.5) is 5.69 Å². The molecule has 0 aliphatic heterocycles. The van der Waals surface area contributed by atoms with Gasteiger partial charge in [-0.2, -0.15) is 5.10 Å². The van der Waals surface area contributed by atoms with Gasteiger partial charge in [0.25, 0.3) is 5.56 Å². The van der Waals surface area contributed by atoms with Gasteiger partial charge >= 0.3 is 0 Å². The molecule has 2 N–H and O–H groups in total. The molecule has 0 saturated heterocycles. The number of H-pyrrole nitrogens is 1. The molecule has 3 fully saturated rings. The van der Waals surface area contributed by atoms with Crippen molar-refractivity contribution < 1.29 is 4.79 Å². The van der Waals surface area contributed by atoms with Gasteiger partial charge in [-0.3, -0.25) is 9.59 Å². The summed E-state index contributed by atoms with van der Waals surface area (Å²) < 4.78 is 1.67. The Morgan fingerprint density at radius 3 is 2.91 bits per heavy atom. The maximum absolute atomic E-state index is 12.9. The second-order valence-electron chi connectivity index (χ2n) is 10.0. The minimum atomic E-state index is -0.290. The molecule has 3 aliphatic carbocycles. The number of aromatic amines is 1. The zero-order valence-corrected chi connectivity index (χ0v) is 20.1. The number of rotatable bonds is 6. The van der Waals surface area contributed by atoms with Crippen molar-refractivity contribution in [2.24, 2.45) is 23.2 Å². The topological polar surface area (TPSA) is 92.7 Å². The average molecular weight is 498 g/mol. The molecule has 0 amide bonds. The zero-order chi connectivity index (χ0) is 22.6. The first kappa shape index (κ1) is 21.4. The number of anilines is 1. The van der Waals surface area contributed by atoms with Gasteiger partial charge in [-0.1, -0.05) is 26.8 Å². The number of benzene rings is 1. The highest BCUT2D eigenvalue weighted by Crippen LogP contribution is 2.61. The van der Waals surface area contributed by atoms with Gasteiger partial charge < -0.3 is 10.3 Å². The van der Waals surface area contributed by atoms with Crippen LogP contribution in [0.15, 0.2) is 40.0 Å². The van der Waals surface area contributed by atoms with E-state index in [1.165, 1.54) is 11.1 Å². The van der Waals surface area contributed by atoms with E-state index in [4.69, 9.17) is 0 Å². The molecule has 3 aliphatic rings. The van der Waals surface area contributed by atoms with Crippen molar-refractivity contribution in [3.8, 4) is 0 Å². The van der Waals surface area contributed by atoms with Crippen LogP contribution < -0.4 is 10.9 Å². The molecule has 2 heterocycles. The smallest absolute Gasteiger partial charge is 0.283 e. The summed E-state index contributed by atoms with van der Waals surface area (Å²) in [6, 6.07) is 6.01. The highest BCUT2D eigenvalue weighted by molar-refractivity contribution is 9.10. The summed E-state index contributed by atoms with van der Waals surface area (Å²) in [5, 5.41) is 7.84. The average Bonchev–Trinajstić information content (AvgIpc) is 3.22. The maximum Gasteiger partial charge on any atom is 0.283 e. The first-order chi connectivity index (χ1) is 15.2. The van der Waals surface area contributed by atoms with Crippen LogP contribution in [0, 0.1) is 23.2 Å². The third-order valence-corrected chi connectivity index (χ3v) is 8.66. The number of hydrogen-bond donors (Lipinski definition) is 2. The van der Waals surface area contributed by atoms with Gasteiger partial charge in [-0.05, 0) is 69.6 Å². The summed E-state index contributed by atoms with van der Waals surface area (Å²) >= 11 is 3.45. The highest BCUT2D eigenvalue weighted by Gasteiger charge is 2.56. The van der Waals surface area contributed by atoms with Crippen LogP contribution in [-0.4, -0.2) is 31.6 Å². The summed E-state index contributed by atoms with van der Waals surface area (Å²) in [6.45, 7) is 7.00. The minimum Gasteiger partial charge on any atom is -0.380 e. The molecular formula is C24H28BrN5O2. The normalized spacial score (nSPS) is 26.0. The van der Waals surface area contributed by atoms with Crippen LogP contribution in [0.3, 0.4) is 0 Å². The Hall–Kier alpha value is -2.48. The molecule has 0 unspecified atom stereocenters. The van der Waals surface area contributed by atoms with Crippen molar-refractivity contribution in [2.75, 3.05) is 5.32 Å². The van der Waals surface area contributed by atoms with Crippen LogP contribution in [0.2, 0.25) is 0 Å². The Labute approximate surface area is 195 Å². The lowest BCUT2D eigenvalue weighted by Gasteiger charge is -2.62. The second kappa shape index (κ2) is 7.83. The Kier molecular flexibility index (Phi) is 5.23. The molecule has 3 aromatic rings. The van der Waals surface area contributed by atoms with Crippen molar-refractivity contribution >= 4 is 38.4 Å². The number of nitrogens with one attached hydrogen (secondary N) is 2. The monoisotopic (exact) mass is 497 g/mol. The molecule has 6 rings (SSSR count). The molecule has 2 aromatic heterocycles. The number of imidazole rings is 1. The third-order valence-electron chi connectivity index (χ3n) is 7.89. The molecule has 32 heavy (non-hydrogen) atoms. The number of fused-ring (bicyclic) bond motifs is 3. The van der Waals surface area contributed by atoms with E-state index in [2.05, 4.69) is 57.1 Å². The number of carbonyl (C=O) groups excluding carboxylic acids is 1. The van der Waals surface area contributed by atoms with Crippen molar-refractivity contribution in [3.05, 3.63) is 51.1 Å². The predicted molar refractivity (Wildman–Crippen MR) is 128 cm³/mol. The van der Waals surface area contributed by atoms with Crippen LogP contribution in [0.25, 0.3) is 11.0 Å². The summed E-state index contributed by atoms with van der Waals surface area (Å²) in [7, 11) is 0. The van der Waals surface area contributed by atoms with Crippen LogP contribution in [0.1, 0.15) is 39.2 Å². The standard InChI is InChI=1S/C24H28BrN5O2/c1-13-17-8-15(24(17,2)3)9-19(13)29-21-10-28-30(23(32)22(21)25)11-16(31)6-14-4-5-18-20(7-14)27-12-26-18/h4-5,7,10,12-13,15,17,19,29H,6,8-9,11H2,1-3H3,(H,26,27)/t13-,15+,17-,19-/m1/s1. The number of hydrogen-bond acceptors (Lipinski definition) is 5. The van der Waals surface area contributed by atoms with Gasteiger partial charge in [0.15, 0.2) is 5.78 Å². The van der Waals surface area contributed by atoms with E-state index in [0.717, 1.165) is 28.9 Å². The quantitative estimate of drug-likeness (QED) is 0.532. The lowest BCUT2D eigenvalue weighted by Crippen LogP contribution is -2.58. The van der Waals surface area contributed by atoms with E-state index in [-0.39, 0.29) is 24.3 Å². The molecule has 168 valence electrons. The summed E-state index contributed by atoms with van der Waals surface area (Å²) in [5.41, 5.74) is 3.46. The Morgan fingerprint density at radius 1 is 1.34 bits per heavy atom. The zero-order valence-electron chi connectivity index (χ0n) is 18.6. The number of ketones is 1. The number of Topliss-reactive ketones (excluding diaryl/α,β-unsaturated/α-hetero) is 1. The van der Waals surface area contributed by atoms with E-state index >= 15 is 0 Å². The van der Waals surface area contributed by atoms with E-state index < -0.39 is 0 Å². The second-order valence-corrected chi connectivity index (χ2v) is 10.8. The summed E-state index contributed by atoms with van der Waals surface area (Å²) in [5.74, 6) is 1.91. The highest BCUT2D eigenvalue weighted by atomic mass is 79.9. The number of nitrogens with zero attached hydrogens (tertiary/aromatic N) is 3. The number of aromatic nitrogens is 4. The van der Waals surface area contributed by atoms with E-state index in [1.807, 2.05) is 18.2 Å². The molecule has 8 heteroatoms. The van der Waals surface area contributed by atoms with Crippen LogP contribution in [0.5, 0.6) is 0 Å². The lowest BCUT2D eigenvalue weighted by atomic mass is 9.45. The molecule has 3 saturated carbocycles. The maximum atomic E-state index is 12.9. The first-order valence-electron chi connectivity index (χ1n) is 11.2. The number of carbonyl (C=O) groups is 1. The summed E-state index contributed by atoms with van der Waals surface area (Å²) in [6.07, 6.45) is 5.94. The fraction of sp³-hybridized carbons (Fsp3) is 0.500. The van der Waals surface area contributed by atoms with Gasteiger partial charge in [0.1, 0.15) is 11.0 Å². The van der Waals surface area contributed by atoms with E-state index in [0.29, 0.717) is 33.5 Å². The van der Waals surface area contributed by atoms with Crippen molar-refractivity contribution in [1.82, 2.24) is 19.7 Å². The van der Waals surface area contributed by atoms with Crippen molar-refractivity contribution in [1.29, 1.82) is 0 Å². The molecule has 7 nitrogen and oxygen atoms in total. The Balaban J connectivity index is 1.26. The van der Waals surface area contributed by atoms with Crippen LogP contribution >= 0.6 is 15.9 Å². The van der Waals surface area contributed by atoms with Crippen molar-refractivity contribution in [2.45, 2.75) is 52.6 Å². The molecule has 1 aromatic carbocycles. The third kappa shape index (κ3) is 3.58. The minimum absolute atomic E-state index is 0.0586. The van der Waals surface area contributed by atoms with Crippen LogP contribution in [-0.2, 0) is 17.8 Å². The predicted octanol–water partition coefficient (Wildman–Crippen LogP) is 4.18. The fourth-order valence-electron chi connectivity index (χ4n) is 5.76. The Morgan fingerprint density at radius 2 is 2.16 bits per heavy atom. The fourth-order valence-corrected chi connectivity index (χ4v) is 6.18. The molecule has 2 bridgehead atoms. The Bertz CT molecular complexity index is 1250. The largest absolute Gasteiger partial charge is 0.380 e. The van der Waals surface area contributed by atoms with Gasteiger partial charge in [0.2, 0.25) is 0 Å². The SMILES string of the molecule is C[C@@H]1[C@H]2C[C@@H](C[C@H]1Nc1cnn(CC(=O)Cc3ccc4nc[nH]c4c3)c(=O)c1Br)C2(C)C. The van der Waals surface area contributed by atoms with Gasteiger partial charge in [0.05, 0.1) is 29.2 Å². The number of halogens is 1. The summed E-state index contributed by atoms with van der Waals surface area (Å²) in [4.78, 5) is 32.7. The van der Waals surface area contributed by atoms with E-state index in [1.54, 1.807) is 12.5 Å². The lowest BCUT2D eigenvalue weighted by molar-refractivity contribution is -0.119.